The number of morpholine rings is 1. The monoisotopic (exact) mass is 410 g/mol. The normalized spacial score (nSPS) is 14.5. The molecule has 3 aromatic rings. The minimum absolute atomic E-state index is 0.517. The van der Waals surface area contributed by atoms with Crippen molar-refractivity contribution in [2.24, 2.45) is 0 Å². The predicted molar refractivity (Wildman–Crippen MR) is 116 cm³/mol. The summed E-state index contributed by atoms with van der Waals surface area (Å²) in [5, 5.41) is 7.24. The number of nitrogens with zero attached hydrogens (tertiary/aromatic N) is 4. The molecule has 8 heteroatoms. The zero-order chi connectivity index (χ0) is 19.9. The van der Waals surface area contributed by atoms with E-state index >= 15 is 0 Å². The van der Waals surface area contributed by atoms with Gasteiger partial charge < -0.3 is 15.4 Å². The largest absolute Gasteiger partial charge is 0.379 e. The van der Waals surface area contributed by atoms with E-state index in [9.17, 15) is 0 Å². The fraction of sp³-hybridized carbons (Fsp3) is 0.286. The molecule has 0 unspecified atom stereocenters. The number of benzene rings is 1. The van der Waals surface area contributed by atoms with Crippen LogP contribution in [0.4, 0.5) is 17.5 Å². The first-order valence-electron chi connectivity index (χ1n) is 9.62. The molecule has 0 amide bonds. The minimum Gasteiger partial charge on any atom is -0.379 e. The molecule has 0 aliphatic carbocycles. The molecule has 1 aliphatic rings. The standard InChI is InChI=1S/C21H23ClN6O/c22-17-2-1-3-18(15-17)26-21-25-7-5-19(27-21)16-4-6-23-20(14-16)24-8-9-28-10-12-29-13-11-28/h1-7,14-15H,8-13H2,(H,23,24)(H,25,26,27). The highest BCUT2D eigenvalue weighted by Gasteiger charge is 2.10. The van der Waals surface area contributed by atoms with Crippen molar-refractivity contribution in [3.8, 4) is 11.3 Å². The summed E-state index contributed by atoms with van der Waals surface area (Å²) in [6.07, 6.45) is 3.53. The van der Waals surface area contributed by atoms with Gasteiger partial charge in [0.05, 0.1) is 18.9 Å². The van der Waals surface area contributed by atoms with Crippen LogP contribution >= 0.6 is 11.6 Å². The van der Waals surface area contributed by atoms with Crippen LogP contribution in [-0.2, 0) is 4.74 Å². The van der Waals surface area contributed by atoms with E-state index in [0.717, 1.165) is 62.2 Å². The lowest BCUT2D eigenvalue weighted by Gasteiger charge is -2.26. The lowest BCUT2D eigenvalue weighted by Crippen LogP contribution is -2.39. The van der Waals surface area contributed by atoms with Crippen LogP contribution in [0.3, 0.4) is 0 Å². The van der Waals surface area contributed by atoms with Gasteiger partial charge in [-0.1, -0.05) is 17.7 Å². The summed E-state index contributed by atoms with van der Waals surface area (Å²) in [7, 11) is 0. The van der Waals surface area contributed by atoms with Crippen molar-refractivity contribution in [1.82, 2.24) is 19.9 Å². The van der Waals surface area contributed by atoms with Gasteiger partial charge in [0.2, 0.25) is 5.95 Å². The summed E-state index contributed by atoms with van der Waals surface area (Å²) in [4.78, 5) is 15.7. The van der Waals surface area contributed by atoms with Crippen molar-refractivity contribution in [1.29, 1.82) is 0 Å². The Hall–Kier alpha value is -2.74. The predicted octanol–water partition coefficient (Wildman–Crippen LogP) is 3.68. The van der Waals surface area contributed by atoms with Crippen LogP contribution in [0.5, 0.6) is 0 Å². The fourth-order valence-electron chi connectivity index (χ4n) is 3.13. The SMILES string of the molecule is Clc1cccc(Nc2nccc(-c3ccnc(NCCN4CCOCC4)c3)n2)c1. The van der Waals surface area contributed by atoms with Crippen molar-refractivity contribution >= 4 is 29.1 Å². The number of hydrogen-bond donors (Lipinski definition) is 2. The Kier molecular flexibility index (Phi) is 6.51. The van der Waals surface area contributed by atoms with Gasteiger partial charge in [0.15, 0.2) is 0 Å². The van der Waals surface area contributed by atoms with Gasteiger partial charge in [-0.2, -0.15) is 0 Å². The quantitative estimate of drug-likeness (QED) is 0.615. The summed E-state index contributed by atoms with van der Waals surface area (Å²) in [5.74, 6) is 1.35. The molecule has 1 aliphatic heterocycles. The van der Waals surface area contributed by atoms with Gasteiger partial charge in [-0.3, -0.25) is 4.90 Å². The number of anilines is 3. The smallest absolute Gasteiger partial charge is 0.227 e. The van der Waals surface area contributed by atoms with Crippen molar-refractivity contribution in [2.75, 3.05) is 50.0 Å². The third-order valence-corrected chi connectivity index (χ3v) is 4.86. The lowest BCUT2D eigenvalue weighted by atomic mass is 10.2. The molecule has 7 nitrogen and oxygen atoms in total. The molecular weight excluding hydrogens is 388 g/mol. The van der Waals surface area contributed by atoms with E-state index in [4.69, 9.17) is 16.3 Å². The Bertz CT molecular complexity index is 948. The molecule has 2 N–H and O–H groups in total. The lowest BCUT2D eigenvalue weighted by molar-refractivity contribution is 0.0398. The van der Waals surface area contributed by atoms with Crippen LogP contribution in [0.1, 0.15) is 0 Å². The van der Waals surface area contributed by atoms with E-state index in [0.29, 0.717) is 11.0 Å². The Balaban J connectivity index is 1.41. The average Bonchev–Trinajstić information content (AvgIpc) is 2.75. The number of aromatic nitrogens is 3. The highest BCUT2D eigenvalue weighted by Crippen LogP contribution is 2.22. The highest BCUT2D eigenvalue weighted by molar-refractivity contribution is 6.30. The van der Waals surface area contributed by atoms with Crippen LogP contribution in [0.25, 0.3) is 11.3 Å². The maximum Gasteiger partial charge on any atom is 0.227 e. The second kappa shape index (κ2) is 9.65. The van der Waals surface area contributed by atoms with Crippen molar-refractivity contribution in [3.05, 3.63) is 59.9 Å². The number of ether oxygens (including phenoxy) is 1. The van der Waals surface area contributed by atoms with E-state index in [-0.39, 0.29) is 0 Å². The first-order valence-corrected chi connectivity index (χ1v) is 10.0. The van der Waals surface area contributed by atoms with E-state index < -0.39 is 0 Å². The number of nitrogens with one attached hydrogen (secondary N) is 2. The molecule has 0 spiro atoms. The Labute approximate surface area is 175 Å². The van der Waals surface area contributed by atoms with Crippen LogP contribution in [-0.4, -0.2) is 59.2 Å². The van der Waals surface area contributed by atoms with Crippen molar-refractivity contribution < 1.29 is 4.74 Å². The Morgan fingerprint density at radius 3 is 2.76 bits per heavy atom. The highest BCUT2D eigenvalue weighted by atomic mass is 35.5. The molecule has 1 aromatic carbocycles. The van der Waals surface area contributed by atoms with Gasteiger partial charge in [-0.25, -0.2) is 15.0 Å². The zero-order valence-electron chi connectivity index (χ0n) is 16.0. The fourth-order valence-corrected chi connectivity index (χ4v) is 3.32. The van der Waals surface area contributed by atoms with Gasteiger partial charge in [-0.15, -0.1) is 0 Å². The molecule has 2 aromatic heterocycles. The third-order valence-electron chi connectivity index (χ3n) is 4.63. The Morgan fingerprint density at radius 1 is 1.03 bits per heavy atom. The molecule has 150 valence electrons. The van der Waals surface area contributed by atoms with Crippen LogP contribution < -0.4 is 10.6 Å². The molecule has 4 rings (SSSR count). The van der Waals surface area contributed by atoms with Crippen LogP contribution in [0.15, 0.2) is 54.9 Å². The summed E-state index contributed by atoms with van der Waals surface area (Å²) in [5.41, 5.74) is 2.64. The van der Waals surface area contributed by atoms with E-state index in [1.165, 1.54) is 0 Å². The van der Waals surface area contributed by atoms with Crippen LogP contribution in [0, 0.1) is 0 Å². The number of rotatable bonds is 7. The molecule has 0 saturated carbocycles. The molecule has 0 atom stereocenters. The summed E-state index contributed by atoms with van der Waals surface area (Å²) in [6, 6.07) is 13.3. The molecule has 1 saturated heterocycles. The van der Waals surface area contributed by atoms with Crippen molar-refractivity contribution in [2.45, 2.75) is 0 Å². The number of halogens is 1. The average molecular weight is 411 g/mol. The maximum atomic E-state index is 6.04. The van der Waals surface area contributed by atoms with E-state index in [1.54, 1.807) is 12.4 Å². The van der Waals surface area contributed by atoms with Crippen molar-refractivity contribution in [3.63, 3.8) is 0 Å². The van der Waals surface area contributed by atoms with Gasteiger partial charge >= 0.3 is 0 Å². The van der Waals surface area contributed by atoms with E-state index in [2.05, 4.69) is 30.5 Å². The molecule has 0 radical (unpaired) electrons. The first kappa shape index (κ1) is 19.6. The second-order valence-electron chi connectivity index (χ2n) is 6.71. The molecule has 3 heterocycles. The summed E-state index contributed by atoms with van der Waals surface area (Å²) in [6.45, 7) is 5.40. The van der Waals surface area contributed by atoms with Crippen LogP contribution in [0.2, 0.25) is 5.02 Å². The van der Waals surface area contributed by atoms with Gasteiger partial charge in [0, 0.05) is 54.8 Å². The topological polar surface area (TPSA) is 75.2 Å². The zero-order valence-corrected chi connectivity index (χ0v) is 16.8. The minimum atomic E-state index is 0.517. The maximum absolute atomic E-state index is 6.04. The molecule has 29 heavy (non-hydrogen) atoms. The number of hydrogen-bond acceptors (Lipinski definition) is 7. The molecular formula is C21H23ClN6O. The number of pyridine rings is 1. The molecule has 0 bridgehead atoms. The van der Waals surface area contributed by atoms with Gasteiger partial charge in [0.25, 0.3) is 0 Å². The summed E-state index contributed by atoms with van der Waals surface area (Å²) >= 11 is 6.04. The molecule has 1 fully saturated rings. The van der Waals surface area contributed by atoms with Gasteiger partial charge in [0.1, 0.15) is 5.82 Å². The second-order valence-corrected chi connectivity index (χ2v) is 7.15. The van der Waals surface area contributed by atoms with Gasteiger partial charge in [-0.05, 0) is 36.4 Å². The Morgan fingerprint density at radius 2 is 1.90 bits per heavy atom. The first-order chi connectivity index (χ1) is 14.3. The summed E-state index contributed by atoms with van der Waals surface area (Å²) < 4.78 is 5.38. The third kappa shape index (κ3) is 5.63. The van der Waals surface area contributed by atoms with E-state index in [1.807, 2.05) is 42.5 Å².